The number of ether oxygens (including phenoxy) is 6. The second-order valence-electron chi connectivity index (χ2n) is 6.92. The molecule has 6 atom stereocenters. The first-order chi connectivity index (χ1) is 12.1. The Morgan fingerprint density at radius 1 is 1.16 bits per heavy atom. The van der Waals surface area contributed by atoms with Crippen LogP contribution in [0.4, 0.5) is 0 Å². The molecule has 2 aliphatic heterocycles. The van der Waals surface area contributed by atoms with Gasteiger partial charge in [0.2, 0.25) is 0 Å². The van der Waals surface area contributed by atoms with E-state index in [1.54, 1.807) is 14.0 Å². The summed E-state index contributed by atoms with van der Waals surface area (Å²) in [6.45, 7) is 2.21. The molecular weight excluding hydrogens is 332 g/mol. The molecule has 3 fully saturated rings. The van der Waals surface area contributed by atoms with E-state index in [4.69, 9.17) is 28.4 Å². The van der Waals surface area contributed by atoms with Crippen LogP contribution in [0.1, 0.15) is 39.0 Å². The Morgan fingerprint density at radius 2 is 1.92 bits per heavy atom. The number of hydrogen-bond acceptors (Lipinski definition) is 8. The highest BCUT2D eigenvalue weighted by atomic mass is 16.8. The number of aliphatic hydroxyl groups is 2. The number of methoxy groups -OCH3 is 1. The SMILES string of the molecule is COCCOC(C)O[C@@H]1[C@H]2OC3(CCCCC3)O[C@H]2O[C@@H]1C(O)CO. The van der Waals surface area contributed by atoms with E-state index >= 15 is 0 Å². The average Bonchev–Trinajstić information content (AvgIpc) is 3.10. The van der Waals surface area contributed by atoms with Crippen LogP contribution in [0.3, 0.4) is 0 Å². The van der Waals surface area contributed by atoms with E-state index in [1.807, 2.05) is 0 Å². The molecule has 0 aromatic rings. The lowest BCUT2D eigenvalue weighted by Gasteiger charge is -2.35. The number of hydrogen-bond donors (Lipinski definition) is 2. The van der Waals surface area contributed by atoms with Gasteiger partial charge in [0.25, 0.3) is 0 Å². The Labute approximate surface area is 148 Å². The molecule has 1 spiro atoms. The van der Waals surface area contributed by atoms with E-state index in [2.05, 4.69) is 0 Å². The maximum atomic E-state index is 10.1. The molecule has 0 bridgehead atoms. The van der Waals surface area contributed by atoms with Crippen LogP contribution in [-0.2, 0) is 28.4 Å². The van der Waals surface area contributed by atoms with Crippen LogP contribution in [0, 0.1) is 0 Å². The minimum absolute atomic E-state index is 0.397. The first-order valence-electron chi connectivity index (χ1n) is 9.14. The van der Waals surface area contributed by atoms with Crippen LogP contribution in [-0.4, -0.2) is 79.9 Å². The van der Waals surface area contributed by atoms with Gasteiger partial charge in [-0.25, -0.2) is 0 Å². The predicted octanol–water partition coefficient (Wildman–Crippen LogP) is 0.535. The molecule has 146 valence electrons. The first kappa shape index (κ1) is 19.4. The Morgan fingerprint density at radius 3 is 2.60 bits per heavy atom. The van der Waals surface area contributed by atoms with Gasteiger partial charge in [0.1, 0.15) is 24.4 Å². The molecule has 2 N–H and O–H groups in total. The van der Waals surface area contributed by atoms with Crippen molar-refractivity contribution in [1.29, 1.82) is 0 Å². The van der Waals surface area contributed by atoms with Crippen molar-refractivity contribution in [2.75, 3.05) is 26.9 Å². The molecule has 0 radical (unpaired) electrons. The minimum Gasteiger partial charge on any atom is -0.394 e. The number of rotatable bonds is 8. The molecule has 25 heavy (non-hydrogen) atoms. The number of fused-ring (bicyclic) bond motifs is 1. The van der Waals surface area contributed by atoms with Gasteiger partial charge in [-0.2, -0.15) is 0 Å². The van der Waals surface area contributed by atoms with E-state index in [0.717, 1.165) is 25.7 Å². The van der Waals surface area contributed by atoms with Crippen molar-refractivity contribution in [3.8, 4) is 0 Å². The summed E-state index contributed by atoms with van der Waals surface area (Å²) in [6, 6.07) is 0. The van der Waals surface area contributed by atoms with Crippen LogP contribution >= 0.6 is 0 Å². The zero-order valence-corrected chi connectivity index (χ0v) is 15.0. The van der Waals surface area contributed by atoms with Crippen molar-refractivity contribution >= 4 is 0 Å². The normalized spacial score (nSPS) is 36.5. The maximum absolute atomic E-state index is 10.1. The van der Waals surface area contributed by atoms with Gasteiger partial charge in [-0.1, -0.05) is 6.42 Å². The van der Waals surface area contributed by atoms with Crippen molar-refractivity contribution in [3.63, 3.8) is 0 Å². The van der Waals surface area contributed by atoms with E-state index in [9.17, 15) is 10.2 Å². The molecule has 2 heterocycles. The molecule has 3 rings (SSSR count). The van der Waals surface area contributed by atoms with Gasteiger partial charge in [0, 0.05) is 20.0 Å². The van der Waals surface area contributed by atoms with Gasteiger partial charge in [-0.3, -0.25) is 0 Å². The minimum atomic E-state index is -1.07. The van der Waals surface area contributed by atoms with Gasteiger partial charge in [-0.15, -0.1) is 0 Å². The van der Waals surface area contributed by atoms with Gasteiger partial charge >= 0.3 is 0 Å². The standard InChI is InChI=1S/C17H30O8/c1-11(21-9-8-20-2)22-14-13(12(19)10-18)23-16-15(14)24-17(25-16)6-4-3-5-7-17/h11-16,18-19H,3-10H2,1-2H3/t11?,12?,13-,14+,15-,16-/m1/s1. The summed E-state index contributed by atoms with van der Waals surface area (Å²) in [4.78, 5) is 0. The van der Waals surface area contributed by atoms with Crippen molar-refractivity contribution in [2.45, 2.75) is 81.8 Å². The summed E-state index contributed by atoms with van der Waals surface area (Å²) in [6.07, 6.45) is 1.03. The van der Waals surface area contributed by atoms with Gasteiger partial charge in [0.15, 0.2) is 18.4 Å². The van der Waals surface area contributed by atoms with Crippen LogP contribution < -0.4 is 0 Å². The van der Waals surface area contributed by atoms with Crippen molar-refractivity contribution in [1.82, 2.24) is 0 Å². The Kier molecular flexibility index (Phi) is 6.67. The fourth-order valence-corrected chi connectivity index (χ4v) is 3.81. The molecule has 2 saturated heterocycles. The second kappa shape index (κ2) is 8.58. The average molecular weight is 362 g/mol. The predicted molar refractivity (Wildman–Crippen MR) is 85.7 cm³/mol. The first-order valence-corrected chi connectivity index (χ1v) is 9.14. The quantitative estimate of drug-likeness (QED) is 0.477. The molecule has 2 unspecified atom stereocenters. The highest BCUT2D eigenvalue weighted by Crippen LogP contribution is 2.46. The molecule has 3 aliphatic rings. The van der Waals surface area contributed by atoms with Crippen molar-refractivity contribution in [3.05, 3.63) is 0 Å². The fourth-order valence-electron chi connectivity index (χ4n) is 3.81. The molecule has 1 aliphatic carbocycles. The van der Waals surface area contributed by atoms with Crippen molar-refractivity contribution < 1.29 is 38.6 Å². The molecule has 0 amide bonds. The zero-order valence-electron chi connectivity index (χ0n) is 15.0. The van der Waals surface area contributed by atoms with E-state index < -0.39 is 49.4 Å². The van der Waals surface area contributed by atoms with Crippen LogP contribution in [0.2, 0.25) is 0 Å². The van der Waals surface area contributed by atoms with Gasteiger partial charge in [0.05, 0.1) is 19.8 Å². The Hall–Kier alpha value is -0.320. The lowest BCUT2D eigenvalue weighted by Crippen LogP contribution is -2.46. The maximum Gasteiger partial charge on any atom is 0.190 e. The molecule has 1 saturated carbocycles. The largest absolute Gasteiger partial charge is 0.394 e. The highest BCUT2D eigenvalue weighted by molar-refractivity contribution is 4.99. The van der Waals surface area contributed by atoms with Crippen LogP contribution in [0.15, 0.2) is 0 Å². The fraction of sp³-hybridized carbons (Fsp3) is 1.00. The zero-order chi connectivity index (χ0) is 17.9. The van der Waals surface area contributed by atoms with Crippen LogP contribution in [0.25, 0.3) is 0 Å². The summed E-state index contributed by atoms with van der Waals surface area (Å²) in [7, 11) is 1.60. The Bertz CT molecular complexity index is 413. The van der Waals surface area contributed by atoms with Crippen molar-refractivity contribution in [2.24, 2.45) is 0 Å². The molecule has 8 nitrogen and oxygen atoms in total. The summed E-state index contributed by atoms with van der Waals surface area (Å²) < 4.78 is 34.6. The third kappa shape index (κ3) is 4.33. The summed E-state index contributed by atoms with van der Waals surface area (Å²) >= 11 is 0. The summed E-state index contributed by atoms with van der Waals surface area (Å²) in [5.41, 5.74) is 0. The van der Waals surface area contributed by atoms with Gasteiger partial charge in [-0.05, 0) is 19.8 Å². The third-order valence-electron chi connectivity index (χ3n) is 5.06. The summed E-state index contributed by atoms with van der Waals surface area (Å²) in [5, 5.41) is 19.4. The highest BCUT2D eigenvalue weighted by Gasteiger charge is 2.59. The second-order valence-corrected chi connectivity index (χ2v) is 6.92. The molecule has 0 aromatic heterocycles. The Balaban J connectivity index is 1.65. The summed E-state index contributed by atoms with van der Waals surface area (Å²) in [5.74, 6) is -0.607. The topological polar surface area (TPSA) is 95.8 Å². The van der Waals surface area contributed by atoms with Gasteiger partial charge < -0.3 is 38.6 Å². The monoisotopic (exact) mass is 362 g/mol. The smallest absolute Gasteiger partial charge is 0.190 e. The molecule has 0 aromatic carbocycles. The lowest BCUT2D eigenvalue weighted by atomic mass is 9.94. The van der Waals surface area contributed by atoms with E-state index in [0.29, 0.717) is 13.2 Å². The lowest BCUT2D eigenvalue weighted by molar-refractivity contribution is -0.269. The van der Waals surface area contributed by atoms with Crippen LogP contribution in [0.5, 0.6) is 0 Å². The molecular formula is C17H30O8. The third-order valence-corrected chi connectivity index (χ3v) is 5.06. The number of aliphatic hydroxyl groups excluding tert-OH is 2. The van der Waals surface area contributed by atoms with E-state index in [1.165, 1.54) is 6.42 Å². The molecule has 8 heteroatoms. The van der Waals surface area contributed by atoms with E-state index in [-0.39, 0.29) is 0 Å².